The van der Waals surface area contributed by atoms with Crippen molar-refractivity contribution in [2.24, 2.45) is 0 Å². The lowest BCUT2D eigenvalue weighted by atomic mass is 10.2. The minimum absolute atomic E-state index is 0.0850. The summed E-state index contributed by atoms with van der Waals surface area (Å²) in [5.41, 5.74) is 5.61. The summed E-state index contributed by atoms with van der Waals surface area (Å²) in [7, 11) is 0. The van der Waals surface area contributed by atoms with Gasteiger partial charge >= 0.3 is 0 Å². The molecule has 0 unspecified atom stereocenters. The van der Waals surface area contributed by atoms with Gasteiger partial charge in [0.2, 0.25) is 0 Å². The Bertz CT molecular complexity index is 1410. The van der Waals surface area contributed by atoms with Gasteiger partial charge in [-0.25, -0.2) is 18.7 Å². The van der Waals surface area contributed by atoms with Gasteiger partial charge in [0, 0.05) is 41.6 Å². The zero-order valence-corrected chi connectivity index (χ0v) is 19.3. The summed E-state index contributed by atoms with van der Waals surface area (Å²) in [5.74, 6) is -1.52. The average Bonchev–Trinajstić information content (AvgIpc) is 2.85. The molecule has 0 radical (unpaired) electrons. The second-order valence-corrected chi connectivity index (χ2v) is 6.95. The maximum atomic E-state index is 14.6. The molecule has 0 atom stereocenters. The van der Waals surface area contributed by atoms with Gasteiger partial charge in [-0.05, 0) is 49.4 Å². The molecular formula is C25H23F2N5O3. The number of hydrogen-bond acceptors (Lipinski definition) is 6. The van der Waals surface area contributed by atoms with Crippen molar-refractivity contribution in [2.45, 2.75) is 20.8 Å². The van der Waals surface area contributed by atoms with E-state index in [9.17, 15) is 18.4 Å². The van der Waals surface area contributed by atoms with E-state index in [4.69, 9.17) is 10.5 Å². The van der Waals surface area contributed by atoms with Crippen molar-refractivity contribution in [3.8, 4) is 17.2 Å². The van der Waals surface area contributed by atoms with E-state index in [0.717, 1.165) is 10.6 Å². The van der Waals surface area contributed by atoms with Crippen molar-refractivity contribution in [1.29, 1.82) is 0 Å². The molecule has 0 bridgehead atoms. The van der Waals surface area contributed by atoms with Gasteiger partial charge in [-0.15, -0.1) is 0 Å². The number of amides is 1. The van der Waals surface area contributed by atoms with Gasteiger partial charge in [-0.1, -0.05) is 13.8 Å². The van der Waals surface area contributed by atoms with Crippen LogP contribution in [0.4, 0.5) is 20.3 Å². The van der Waals surface area contributed by atoms with Gasteiger partial charge in [0.25, 0.3) is 11.5 Å². The van der Waals surface area contributed by atoms with Gasteiger partial charge in [-0.3, -0.25) is 14.2 Å². The van der Waals surface area contributed by atoms with Gasteiger partial charge in [-0.2, -0.15) is 0 Å². The normalized spacial score (nSPS) is 10.2. The van der Waals surface area contributed by atoms with Crippen molar-refractivity contribution >= 4 is 17.4 Å². The van der Waals surface area contributed by atoms with E-state index in [1.165, 1.54) is 55.0 Å². The van der Waals surface area contributed by atoms with Crippen LogP contribution in [0.1, 0.15) is 29.9 Å². The highest BCUT2D eigenvalue weighted by atomic mass is 19.1. The van der Waals surface area contributed by atoms with E-state index in [1.807, 2.05) is 13.8 Å². The summed E-state index contributed by atoms with van der Waals surface area (Å²) >= 11 is 0. The first kappa shape index (κ1) is 25.0. The summed E-state index contributed by atoms with van der Waals surface area (Å²) < 4.78 is 34.5. The number of ether oxygens (including phenoxy) is 1. The van der Waals surface area contributed by atoms with Gasteiger partial charge in [0.05, 0.1) is 0 Å². The number of hydrogen-bond donors (Lipinski definition) is 2. The van der Waals surface area contributed by atoms with Crippen LogP contribution >= 0.6 is 0 Å². The molecule has 0 spiro atoms. The summed E-state index contributed by atoms with van der Waals surface area (Å²) in [4.78, 5) is 33.1. The Morgan fingerprint density at radius 1 is 1.00 bits per heavy atom. The highest BCUT2D eigenvalue weighted by molar-refractivity contribution is 6.02. The highest BCUT2D eigenvalue weighted by Gasteiger charge is 2.17. The van der Waals surface area contributed by atoms with Crippen LogP contribution in [0.15, 0.2) is 71.9 Å². The predicted molar refractivity (Wildman–Crippen MR) is 129 cm³/mol. The summed E-state index contributed by atoms with van der Waals surface area (Å²) in [6, 6.07) is 10.5. The molecule has 1 amide bonds. The lowest BCUT2D eigenvalue weighted by Crippen LogP contribution is -2.29. The number of nitrogens with two attached hydrogens (primary N) is 1. The fourth-order valence-corrected chi connectivity index (χ4v) is 2.99. The molecule has 4 rings (SSSR count). The first-order chi connectivity index (χ1) is 16.8. The van der Waals surface area contributed by atoms with E-state index in [1.54, 1.807) is 13.0 Å². The zero-order chi connectivity index (χ0) is 25.5. The van der Waals surface area contributed by atoms with Crippen LogP contribution in [0.25, 0.3) is 5.69 Å². The van der Waals surface area contributed by atoms with Crippen molar-refractivity contribution in [3.05, 3.63) is 100 Å². The van der Waals surface area contributed by atoms with Crippen LogP contribution in [-0.4, -0.2) is 20.4 Å². The summed E-state index contributed by atoms with van der Waals surface area (Å²) in [5, 5.41) is 2.44. The molecule has 3 N–H and O–H groups in total. The van der Waals surface area contributed by atoms with Crippen molar-refractivity contribution in [1.82, 2.24) is 14.5 Å². The number of aromatic nitrogens is 3. The van der Waals surface area contributed by atoms with Crippen molar-refractivity contribution < 1.29 is 18.3 Å². The van der Waals surface area contributed by atoms with E-state index in [0.29, 0.717) is 17.0 Å². The van der Waals surface area contributed by atoms with Crippen molar-refractivity contribution in [3.63, 3.8) is 0 Å². The number of rotatable bonds is 5. The van der Waals surface area contributed by atoms with Crippen LogP contribution in [0.2, 0.25) is 0 Å². The monoisotopic (exact) mass is 479 g/mol. The van der Waals surface area contributed by atoms with E-state index < -0.39 is 28.8 Å². The Morgan fingerprint density at radius 3 is 2.40 bits per heavy atom. The fraction of sp³-hybridized carbons (Fsp3) is 0.120. The summed E-state index contributed by atoms with van der Waals surface area (Å²) in [6.45, 7) is 5.69. The fourth-order valence-electron chi connectivity index (χ4n) is 2.99. The second kappa shape index (κ2) is 11.0. The predicted octanol–water partition coefficient (Wildman–Crippen LogP) is 4.87. The van der Waals surface area contributed by atoms with Gasteiger partial charge in [0.1, 0.15) is 17.4 Å². The molecule has 0 aliphatic heterocycles. The number of halogens is 2. The van der Waals surface area contributed by atoms with Crippen LogP contribution < -0.4 is 21.3 Å². The molecule has 2 aromatic carbocycles. The van der Waals surface area contributed by atoms with Crippen LogP contribution in [0, 0.1) is 18.6 Å². The van der Waals surface area contributed by atoms with E-state index in [2.05, 4.69) is 15.3 Å². The standard InChI is InChI=1S/C23H17F2N5O3.C2H6/c1-13-18(8-9-28-21(13)26)33-19-7-4-15(12-17(19)25)29-22(31)20-23(32)30(11-10-27-20)16-5-2-14(24)3-6-16;1-2/h2-12H,1H3,(H2,26,28)(H,29,31);1-2H3. The molecule has 0 fully saturated rings. The minimum Gasteiger partial charge on any atom is -0.454 e. The zero-order valence-electron chi connectivity index (χ0n) is 19.3. The minimum atomic E-state index is -0.831. The molecule has 10 heteroatoms. The SMILES string of the molecule is CC.Cc1c(Oc2ccc(NC(=O)c3nccn(-c4ccc(F)cc4)c3=O)cc2F)ccnc1N. The second-order valence-electron chi connectivity index (χ2n) is 6.95. The third kappa shape index (κ3) is 5.67. The Labute approximate surface area is 200 Å². The number of benzene rings is 2. The average molecular weight is 479 g/mol. The number of nitrogens with one attached hydrogen (secondary N) is 1. The molecule has 35 heavy (non-hydrogen) atoms. The third-order valence-electron chi connectivity index (χ3n) is 4.76. The topological polar surface area (TPSA) is 112 Å². The molecule has 0 saturated heterocycles. The molecule has 8 nitrogen and oxygen atoms in total. The third-order valence-corrected chi connectivity index (χ3v) is 4.76. The number of pyridine rings is 1. The number of anilines is 2. The number of nitrogens with zero attached hydrogens (tertiary/aromatic N) is 3. The van der Waals surface area contributed by atoms with Crippen molar-refractivity contribution in [2.75, 3.05) is 11.1 Å². The maximum Gasteiger partial charge on any atom is 0.286 e. The molecule has 0 saturated carbocycles. The number of nitrogen functional groups attached to an aromatic ring is 1. The van der Waals surface area contributed by atoms with E-state index >= 15 is 0 Å². The summed E-state index contributed by atoms with van der Waals surface area (Å²) in [6.07, 6.45) is 4.06. The molecule has 180 valence electrons. The van der Waals surface area contributed by atoms with Crippen LogP contribution in [-0.2, 0) is 0 Å². The number of carbonyl (C=O) groups is 1. The molecule has 4 aromatic rings. The first-order valence-electron chi connectivity index (χ1n) is 10.7. The number of carbonyl (C=O) groups excluding carboxylic acids is 1. The lowest BCUT2D eigenvalue weighted by molar-refractivity contribution is 0.102. The van der Waals surface area contributed by atoms with E-state index in [-0.39, 0.29) is 17.3 Å². The Morgan fingerprint density at radius 2 is 1.71 bits per heavy atom. The smallest absolute Gasteiger partial charge is 0.286 e. The Hall–Kier alpha value is -4.60. The molecule has 0 aliphatic carbocycles. The van der Waals surface area contributed by atoms with Crippen LogP contribution in [0.5, 0.6) is 11.5 Å². The largest absolute Gasteiger partial charge is 0.454 e. The van der Waals surface area contributed by atoms with Gasteiger partial charge < -0.3 is 15.8 Å². The quantitative estimate of drug-likeness (QED) is 0.423. The molecule has 0 aliphatic rings. The van der Waals surface area contributed by atoms with Crippen LogP contribution in [0.3, 0.4) is 0 Å². The molecular weight excluding hydrogens is 456 g/mol. The maximum absolute atomic E-state index is 14.6. The first-order valence-corrected chi connectivity index (χ1v) is 10.7. The highest BCUT2D eigenvalue weighted by Crippen LogP contribution is 2.30. The Kier molecular flexibility index (Phi) is 7.88. The van der Waals surface area contributed by atoms with Gasteiger partial charge in [0.15, 0.2) is 17.3 Å². The Balaban J connectivity index is 0.00000167. The molecule has 2 heterocycles. The lowest BCUT2D eigenvalue weighted by Gasteiger charge is -2.12. The molecule has 2 aromatic heterocycles.